The van der Waals surface area contributed by atoms with Gasteiger partial charge in [0.05, 0.1) is 6.10 Å². The van der Waals surface area contributed by atoms with Crippen LogP contribution in [0.25, 0.3) is 0 Å². The van der Waals surface area contributed by atoms with Crippen LogP contribution in [0.15, 0.2) is 24.3 Å². The van der Waals surface area contributed by atoms with Crippen molar-refractivity contribution < 1.29 is 9.53 Å². The molecular weight excluding hydrogens is 384 g/mol. The van der Waals surface area contributed by atoms with Gasteiger partial charge in [0, 0.05) is 46.8 Å². The Morgan fingerprint density at radius 3 is 2.26 bits per heavy atom. The van der Waals surface area contributed by atoms with E-state index in [1.807, 2.05) is 14.1 Å². The number of nitrogens with zero attached hydrogens (tertiary/aromatic N) is 2. The molecule has 1 fully saturated rings. The molecule has 0 aromatic heterocycles. The Bertz CT molecular complexity index is 488. The number of unbranched alkanes of at least 4 members (excludes halogenated alkanes) is 9. The highest BCUT2D eigenvalue weighted by Gasteiger charge is 2.23. The molecule has 0 aromatic carbocycles. The fourth-order valence-electron chi connectivity index (χ4n) is 3.95. The van der Waals surface area contributed by atoms with E-state index in [0.29, 0.717) is 12.5 Å². The van der Waals surface area contributed by atoms with Crippen LogP contribution in [-0.4, -0.2) is 62.1 Å². The van der Waals surface area contributed by atoms with Gasteiger partial charge in [-0.1, -0.05) is 69.8 Å². The fraction of sp³-hybridized carbons (Fsp3) is 0.815. The lowest BCUT2D eigenvalue weighted by Gasteiger charge is -2.17. The van der Waals surface area contributed by atoms with Crippen LogP contribution in [0.4, 0.5) is 0 Å². The minimum atomic E-state index is 0.214. The van der Waals surface area contributed by atoms with Crippen LogP contribution in [0.3, 0.4) is 0 Å². The maximum Gasteiger partial charge on any atom is 0.223 e. The van der Waals surface area contributed by atoms with Crippen molar-refractivity contribution in [2.45, 2.75) is 103 Å². The van der Waals surface area contributed by atoms with Crippen molar-refractivity contribution in [3.63, 3.8) is 0 Å². The molecular formula is C27H50N2O2. The summed E-state index contributed by atoms with van der Waals surface area (Å²) in [6.45, 7) is 6.07. The van der Waals surface area contributed by atoms with Crippen molar-refractivity contribution in [3.05, 3.63) is 24.3 Å². The highest BCUT2D eigenvalue weighted by Crippen LogP contribution is 2.14. The molecule has 0 spiro atoms. The first-order chi connectivity index (χ1) is 15.1. The quantitative estimate of drug-likeness (QED) is 0.175. The third-order valence-electron chi connectivity index (χ3n) is 6.07. The summed E-state index contributed by atoms with van der Waals surface area (Å²) in [5, 5.41) is 0. The van der Waals surface area contributed by atoms with Crippen LogP contribution in [-0.2, 0) is 9.53 Å². The Hall–Kier alpha value is -1.13. The Morgan fingerprint density at radius 2 is 1.58 bits per heavy atom. The van der Waals surface area contributed by atoms with Crippen LogP contribution in [0.1, 0.15) is 96.8 Å². The predicted molar refractivity (Wildman–Crippen MR) is 133 cm³/mol. The zero-order chi connectivity index (χ0) is 22.6. The smallest absolute Gasteiger partial charge is 0.223 e. The molecule has 1 aliphatic rings. The van der Waals surface area contributed by atoms with E-state index >= 15 is 0 Å². The van der Waals surface area contributed by atoms with Crippen LogP contribution in [0.5, 0.6) is 0 Å². The molecule has 0 unspecified atom stereocenters. The summed E-state index contributed by atoms with van der Waals surface area (Å²) in [6.07, 6.45) is 26.8. The Morgan fingerprint density at radius 1 is 0.935 bits per heavy atom. The lowest BCUT2D eigenvalue weighted by Crippen LogP contribution is -2.30. The highest BCUT2D eigenvalue weighted by atomic mass is 16.5. The van der Waals surface area contributed by atoms with Crippen LogP contribution < -0.4 is 0 Å². The van der Waals surface area contributed by atoms with Crippen molar-refractivity contribution in [2.75, 3.05) is 40.3 Å². The van der Waals surface area contributed by atoms with Crippen LogP contribution in [0.2, 0.25) is 0 Å². The number of ether oxygens (including phenoxy) is 1. The number of carbonyl (C=O) groups is 1. The molecule has 180 valence electrons. The average Bonchev–Trinajstić information content (AvgIpc) is 3.21. The lowest BCUT2D eigenvalue weighted by molar-refractivity contribution is -0.129. The van der Waals surface area contributed by atoms with Crippen molar-refractivity contribution in [1.29, 1.82) is 0 Å². The summed E-state index contributed by atoms with van der Waals surface area (Å²) >= 11 is 0. The summed E-state index contributed by atoms with van der Waals surface area (Å²) in [5.41, 5.74) is 0. The fourth-order valence-corrected chi connectivity index (χ4v) is 3.95. The summed E-state index contributed by atoms with van der Waals surface area (Å²) in [5.74, 6) is 0.214. The van der Waals surface area contributed by atoms with Gasteiger partial charge in [-0.25, -0.2) is 0 Å². The number of amides is 1. The number of hydrogen-bond acceptors (Lipinski definition) is 3. The molecule has 0 aliphatic carbocycles. The molecule has 1 amide bonds. The first-order valence-corrected chi connectivity index (χ1v) is 13.0. The molecule has 0 N–H and O–H groups in total. The second kappa shape index (κ2) is 19.5. The summed E-state index contributed by atoms with van der Waals surface area (Å²) in [7, 11) is 3.65. The molecule has 0 aromatic rings. The maximum atomic E-state index is 11.7. The number of likely N-dealkylation sites (tertiary alicyclic amines) is 1. The van der Waals surface area contributed by atoms with E-state index in [1.165, 1.54) is 70.6 Å². The minimum absolute atomic E-state index is 0.214. The van der Waals surface area contributed by atoms with Gasteiger partial charge in [0.1, 0.15) is 0 Å². The first kappa shape index (κ1) is 27.9. The van der Waals surface area contributed by atoms with E-state index in [4.69, 9.17) is 4.74 Å². The van der Waals surface area contributed by atoms with E-state index in [0.717, 1.165) is 39.1 Å². The molecule has 0 bridgehead atoms. The molecule has 0 radical (unpaired) electrons. The largest absolute Gasteiger partial charge is 0.377 e. The zero-order valence-corrected chi connectivity index (χ0v) is 20.8. The van der Waals surface area contributed by atoms with Gasteiger partial charge >= 0.3 is 0 Å². The van der Waals surface area contributed by atoms with Gasteiger partial charge in [-0.15, -0.1) is 0 Å². The summed E-state index contributed by atoms with van der Waals surface area (Å²) < 4.78 is 6.05. The zero-order valence-electron chi connectivity index (χ0n) is 20.8. The lowest BCUT2D eigenvalue weighted by atomic mass is 10.1. The van der Waals surface area contributed by atoms with Gasteiger partial charge in [0.15, 0.2) is 0 Å². The number of hydrogen-bond donors (Lipinski definition) is 0. The minimum Gasteiger partial charge on any atom is -0.377 e. The second-order valence-corrected chi connectivity index (χ2v) is 9.20. The van der Waals surface area contributed by atoms with E-state index in [1.54, 1.807) is 4.90 Å². The van der Waals surface area contributed by atoms with Crippen molar-refractivity contribution >= 4 is 5.91 Å². The van der Waals surface area contributed by atoms with Gasteiger partial charge < -0.3 is 14.5 Å². The third kappa shape index (κ3) is 16.2. The van der Waals surface area contributed by atoms with E-state index in [2.05, 4.69) is 36.1 Å². The first-order valence-electron chi connectivity index (χ1n) is 13.0. The Labute approximate surface area is 193 Å². The van der Waals surface area contributed by atoms with Crippen LogP contribution >= 0.6 is 0 Å². The topological polar surface area (TPSA) is 32.8 Å². The van der Waals surface area contributed by atoms with Crippen molar-refractivity contribution in [2.24, 2.45) is 0 Å². The SMILES string of the molecule is CCCCC/C=C\C/C=C\CCCCCCCCO[C@H]1CCN(CCC(=O)N(C)C)C1. The summed E-state index contributed by atoms with van der Waals surface area (Å²) in [4.78, 5) is 15.7. The average molecular weight is 435 g/mol. The molecule has 1 rings (SSSR count). The standard InChI is InChI=1S/C27H50N2O2/c1-4-5-6-7-8-9-10-11-12-13-14-15-16-17-18-19-24-31-26-20-22-29(25-26)23-21-27(30)28(2)3/h8-9,11-12,26H,4-7,10,13-25H2,1-3H3/b9-8-,12-11-/t26-/m0/s1. The molecule has 4 heteroatoms. The molecule has 1 saturated heterocycles. The predicted octanol–water partition coefficient (Wildman–Crippen LogP) is 6.37. The Balaban J connectivity index is 1.84. The van der Waals surface area contributed by atoms with E-state index in [9.17, 15) is 4.79 Å². The second-order valence-electron chi connectivity index (χ2n) is 9.20. The maximum absolute atomic E-state index is 11.7. The number of allylic oxidation sites excluding steroid dienone is 4. The van der Waals surface area contributed by atoms with Gasteiger partial charge in [0.25, 0.3) is 0 Å². The highest BCUT2D eigenvalue weighted by molar-refractivity contribution is 5.75. The normalized spacial score (nSPS) is 17.3. The monoisotopic (exact) mass is 434 g/mol. The van der Waals surface area contributed by atoms with Crippen molar-refractivity contribution in [3.8, 4) is 0 Å². The van der Waals surface area contributed by atoms with Gasteiger partial charge in [-0.2, -0.15) is 0 Å². The molecule has 1 atom stereocenters. The van der Waals surface area contributed by atoms with E-state index in [-0.39, 0.29) is 5.91 Å². The molecule has 0 saturated carbocycles. The van der Waals surface area contributed by atoms with Crippen molar-refractivity contribution in [1.82, 2.24) is 9.80 Å². The molecule has 1 aliphatic heterocycles. The third-order valence-corrected chi connectivity index (χ3v) is 6.07. The van der Waals surface area contributed by atoms with E-state index < -0.39 is 0 Å². The number of carbonyl (C=O) groups excluding carboxylic acids is 1. The van der Waals surface area contributed by atoms with Crippen LogP contribution in [0, 0.1) is 0 Å². The Kier molecular flexibility index (Phi) is 17.6. The van der Waals surface area contributed by atoms with Gasteiger partial charge in [-0.3, -0.25) is 4.79 Å². The molecule has 1 heterocycles. The molecule has 31 heavy (non-hydrogen) atoms. The summed E-state index contributed by atoms with van der Waals surface area (Å²) in [6, 6.07) is 0. The van der Waals surface area contributed by atoms with Gasteiger partial charge in [-0.05, 0) is 44.9 Å². The van der Waals surface area contributed by atoms with Gasteiger partial charge in [0.2, 0.25) is 5.91 Å². The molecule has 4 nitrogen and oxygen atoms in total. The number of rotatable bonds is 19.